The quantitative estimate of drug-likeness (QED) is 0.341. The van der Waals surface area contributed by atoms with Gasteiger partial charge in [-0.3, -0.25) is 9.48 Å². The molecule has 1 amide bonds. The third-order valence-electron chi connectivity index (χ3n) is 6.51. The molecule has 0 radical (unpaired) electrons. The molecule has 5 rings (SSSR count). The standard InChI is InChI=1S/C24H17F7N6O/c1-22(13-4-2-3-5-14(13)26)16-18(32)33-20(34-19(16)35-21(22)38)17-12-7-6-11(25)10-15(12)37(36-17)9-8-23(27,28)24(29,30)31/h2-7,10H,8-9H2,1H3,(H3,32,33,34,35,38). The van der Waals surface area contributed by atoms with E-state index in [4.69, 9.17) is 5.73 Å². The van der Waals surface area contributed by atoms with Gasteiger partial charge in [0.15, 0.2) is 5.82 Å². The van der Waals surface area contributed by atoms with Gasteiger partial charge in [0, 0.05) is 23.9 Å². The Labute approximate surface area is 209 Å². The molecule has 198 valence electrons. The van der Waals surface area contributed by atoms with E-state index in [1.165, 1.54) is 31.2 Å². The van der Waals surface area contributed by atoms with Crippen molar-refractivity contribution in [2.45, 2.75) is 37.4 Å². The number of rotatable bonds is 5. The van der Waals surface area contributed by atoms with Crippen LogP contribution in [0.25, 0.3) is 22.4 Å². The highest BCUT2D eigenvalue weighted by atomic mass is 19.4. The molecular formula is C24H17F7N6O. The highest BCUT2D eigenvalue weighted by Crippen LogP contribution is 2.46. The van der Waals surface area contributed by atoms with E-state index < -0.39 is 48.0 Å². The number of hydrogen-bond donors (Lipinski definition) is 2. The number of halogens is 7. The monoisotopic (exact) mass is 538 g/mol. The van der Waals surface area contributed by atoms with Crippen molar-refractivity contribution >= 4 is 28.4 Å². The van der Waals surface area contributed by atoms with Crippen molar-refractivity contribution < 1.29 is 35.5 Å². The van der Waals surface area contributed by atoms with Gasteiger partial charge in [-0.25, -0.2) is 18.7 Å². The molecule has 2 aromatic heterocycles. The fourth-order valence-corrected chi connectivity index (χ4v) is 4.51. The number of nitrogen functional groups attached to an aromatic ring is 1. The Morgan fingerprint density at radius 2 is 1.76 bits per heavy atom. The number of nitrogens with one attached hydrogen (secondary N) is 1. The Morgan fingerprint density at radius 3 is 2.45 bits per heavy atom. The highest BCUT2D eigenvalue weighted by molar-refractivity contribution is 6.09. The van der Waals surface area contributed by atoms with Crippen molar-refractivity contribution in [3.63, 3.8) is 0 Å². The number of carbonyl (C=O) groups excluding carboxylic acids is 1. The molecule has 7 nitrogen and oxygen atoms in total. The molecule has 0 bridgehead atoms. The molecule has 3 heterocycles. The van der Waals surface area contributed by atoms with E-state index in [0.717, 1.165) is 16.8 Å². The van der Waals surface area contributed by atoms with Gasteiger partial charge in [-0.15, -0.1) is 0 Å². The number of anilines is 2. The molecule has 4 aromatic rings. The van der Waals surface area contributed by atoms with E-state index in [1.807, 2.05) is 0 Å². The van der Waals surface area contributed by atoms with Crippen molar-refractivity contribution in [1.29, 1.82) is 0 Å². The highest BCUT2D eigenvalue weighted by Gasteiger charge is 2.57. The average Bonchev–Trinajstić information content (AvgIpc) is 3.32. The van der Waals surface area contributed by atoms with Crippen molar-refractivity contribution in [3.8, 4) is 11.5 Å². The van der Waals surface area contributed by atoms with Crippen molar-refractivity contribution in [3.05, 3.63) is 65.2 Å². The smallest absolute Gasteiger partial charge is 0.383 e. The zero-order valence-electron chi connectivity index (χ0n) is 19.4. The lowest BCUT2D eigenvalue weighted by Gasteiger charge is -2.23. The average molecular weight is 538 g/mol. The third kappa shape index (κ3) is 3.82. The second-order valence-corrected chi connectivity index (χ2v) is 8.90. The summed E-state index contributed by atoms with van der Waals surface area (Å²) < 4.78 is 94.5. The van der Waals surface area contributed by atoms with Crippen LogP contribution in [0, 0.1) is 11.6 Å². The SMILES string of the molecule is CC1(c2ccccc2F)C(=O)Nc2nc(-c3nn(CCC(F)(F)C(F)(F)F)c4cc(F)ccc34)nc(N)c21. The molecule has 0 saturated heterocycles. The third-order valence-corrected chi connectivity index (χ3v) is 6.51. The molecule has 0 aliphatic carbocycles. The molecule has 1 unspecified atom stereocenters. The second kappa shape index (κ2) is 8.39. The fourth-order valence-electron chi connectivity index (χ4n) is 4.51. The van der Waals surface area contributed by atoms with Gasteiger partial charge in [0.1, 0.15) is 34.4 Å². The lowest BCUT2D eigenvalue weighted by atomic mass is 9.77. The molecule has 1 atom stereocenters. The zero-order chi connectivity index (χ0) is 27.6. The second-order valence-electron chi connectivity index (χ2n) is 8.90. The zero-order valence-corrected chi connectivity index (χ0v) is 19.4. The summed E-state index contributed by atoms with van der Waals surface area (Å²) >= 11 is 0. The first kappa shape index (κ1) is 25.4. The first-order chi connectivity index (χ1) is 17.7. The van der Waals surface area contributed by atoms with Gasteiger partial charge in [-0.1, -0.05) is 18.2 Å². The molecule has 2 aromatic carbocycles. The van der Waals surface area contributed by atoms with Gasteiger partial charge < -0.3 is 11.1 Å². The van der Waals surface area contributed by atoms with E-state index in [9.17, 15) is 35.5 Å². The maximum Gasteiger partial charge on any atom is 0.453 e. The molecule has 0 fully saturated rings. The fraction of sp³-hybridized carbons (Fsp3) is 0.250. The van der Waals surface area contributed by atoms with Crippen LogP contribution >= 0.6 is 0 Å². The first-order valence-electron chi connectivity index (χ1n) is 11.1. The molecule has 38 heavy (non-hydrogen) atoms. The van der Waals surface area contributed by atoms with Crippen LogP contribution in [0.15, 0.2) is 42.5 Å². The molecule has 1 aliphatic rings. The summed E-state index contributed by atoms with van der Waals surface area (Å²) in [5, 5.41) is 6.75. The van der Waals surface area contributed by atoms with Crippen LogP contribution in [0.2, 0.25) is 0 Å². The van der Waals surface area contributed by atoms with Gasteiger partial charge in [-0.05, 0) is 31.2 Å². The minimum absolute atomic E-state index is 0.0232. The first-order valence-corrected chi connectivity index (χ1v) is 11.1. The number of benzene rings is 2. The summed E-state index contributed by atoms with van der Waals surface area (Å²) in [5.74, 6) is -7.58. The lowest BCUT2D eigenvalue weighted by Crippen LogP contribution is -2.37. The number of nitrogens with two attached hydrogens (primary N) is 1. The summed E-state index contributed by atoms with van der Waals surface area (Å²) in [5.41, 5.74) is 4.54. The van der Waals surface area contributed by atoms with Crippen LogP contribution in [-0.2, 0) is 16.8 Å². The van der Waals surface area contributed by atoms with Crippen LogP contribution in [0.4, 0.5) is 42.4 Å². The molecule has 3 N–H and O–H groups in total. The van der Waals surface area contributed by atoms with Crippen molar-refractivity contribution in [2.24, 2.45) is 0 Å². The normalized spacial score (nSPS) is 17.6. The number of aromatic nitrogens is 4. The van der Waals surface area contributed by atoms with Gasteiger partial charge in [0.05, 0.1) is 11.1 Å². The summed E-state index contributed by atoms with van der Waals surface area (Å²) in [4.78, 5) is 21.5. The van der Waals surface area contributed by atoms with Gasteiger partial charge >= 0.3 is 12.1 Å². The van der Waals surface area contributed by atoms with Gasteiger partial charge in [0.25, 0.3) is 0 Å². The Balaban J connectivity index is 1.62. The van der Waals surface area contributed by atoms with E-state index in [0.29, 0.717) is 0 Å². The number of nitrogens with zero attached hydrogens (tertiary/aromatic N) is 4. The number of aryl methyl sites for hydroxylation is 1. The molecular weight excluding hydrogens is 521 g/mol. The number of carbonyl (C=O) groups is 1. The Hall–Kier alpha value is -4.23. The summed E-state index contributed by atoms with van der Waals surface area (Å²) in [6.07, 6.45) is -7.42. The minimum atomic E-state index is -5.77. The summed E-state index contributed by atoms with van der Waals surface area (Å²) in [6, 6.07) is 8.78. The number of hydrogen-bond acceptors (Lipinski definition) is 5. The molecule has 0 spiro atoms. The molecule has 1 aliphatic heterocycles. The lowest BCUT2D eigenvalue weighted by molar-refractivity contribution is -0.285. The maximum absolute atomic E-state index is 14.6. The Bertz CT molecular complexity index is 1600. The van der Waals surface area contributed by atoms with Crippen LogP contribution in [0.1, 0.15) is 24.5 Å². The van der Waals surface area contributed by atoms with E-state index in [1.54, 1.807) is 6.07 Å². The van der Waals surface area contributed by atoms with Crippen LogP contribution in [0.5, 0.6) is 0 Å². The van der Waals surface area contributed by atoms with Crippen LogP contribution < -0.4 is 11.1 Å². The predicted octanol–water partition coefficient (Wildman–Crippen LogP) is 5.20. The number of amides is 1. The largest absolute Gasteiger partial charge is 0.453 e. The van der Waals surface area contributed by atoms with Crippen LogP contribution in [-0.4, -0.2) is 37.8 Å². The number of fused-ring (bicyclic) bond motifs is 2. The van der Waals surface area contributed by atoms with Gasteiger partial charge in [-0.2, -0.15) is 27.1 Å². The summed E-state index contributed by atoms with van der Waals surface area (Å²) in [7, 11) is 0. The Kier molecular flexibility index (Phi) is 5.62. The van der Waals surface area contributed by atoms with E-state index in [-0.39, 0.29) is 45.2 Å². The van der Waals surface area contributed by atoms with Crippen molar-refractivity contribution in [2.75, 3.05) is 11.1 Å². The van der Waals surface area contributed by atoms with E-state index in [2.05, 4.69) is 20.4 Å². The minimum Gasteiger partial charge on any atom is -0.383 e. The predicted molar refractivity (Wildman–Crippen MR) is 122 cm³/mol. The summed E-state index contributed by atoms with van der Waals surface area (Å²) in [6.45, 7) is 0.536. The van der Waals surface area contributed by atoms with Gasteiger partial charge in [0.2, 0.25) is 5.91 Å². The molecule has 0 saturated carbocycles. The number of alkyl halides is 5. The molecule has 14 heteroatoms. The topological polar surface area (TPSA) is 98.7 Å². The van der Waals surface area contributed by atoms with E-state index >= 15 is 0 Å². The maximum atomic E-state index is 14.6. The van der Waals surface area contributed by atoms with Crippen molar-refractivity contribution in [1.82, 2.24) is 19.7 Å². The Morgan fingerprint density at radius 1 is 1.05 bits per heavy atom. The van der Waals surface area contributed by atoms with Crippen LogP contribution in [0.3, 0.4) is 0 Å².